The van der Waals surface area contributed by atoms with E-state index in [1.165, 1.54) is 10.9 Å². The number of anilines is 1. The van der Waals surface area contributed by atoms with Gasteiger partial charge in [0, 0.05) is 0 Å². The molecule has 2 aromatic rings. The summed E-state index contributed by atoms with van der Waals surface area (Å²) in [5.74, 6) is -0.177. The van der Waals surface area contributed by atoms with E-state index in [1.807, 2.05) is 0 Å². The van der Waals surface area contributed by atoms with Gasteiger partial charge in [0.05, 0.1) is 12.9 Å². The van der Waals surface area contributed by atoms with Crippen molar-refractivity contribution in [3.63, 3.8) is 0 Å². The van der Waals surface area contributed by atoms with E-state index in [0.717, 1.165) is 0 Å². The van der Waals surface area contributed by atoms with Crippen LogP contribution in [-0.4, -0.2) is 116 Å². The van der Waals surface area contributed by atoms with Crippen molar-refractivity contribution < 1.29 is 33.8 Å². The van der Waals surface area contributed by atoms with Crippen LogP contribution >= 0.6 is 7.82 Å². The molecule has 4 atom stereocenters. The van der Waals surface area contributed by atoms with Crippen LogP contribution in [0.25, 0.3) is 11.2 Å². The van der Waals surface area contributed by atoms with E-state index in [-0.39, 0.29) is 68.5 Å². The first kappa shape index (κ1) is 21.1. The molecule has 0 unspecified atom stereocenters. The summed E-state index contributed by atoms with van der Waals surface area (Å²) in [7, 11) is -4.76. The van der Waals surface area contributed by atoms with E-state index in [0.29, 0.717) is 0 Å². The molecule has 0 radical (unpaired) electrons. The van der Waals surface area contributed by atoms with Crippen molar-refractivity contribution in [1.82, 2.24) is 19.5 Å². The topological polar surface area (TPSA) is 206 Å². The number of aromatic amines is 1. The molecule has 1 fully saturated rings. The van der Waals surface area contributed by atoms with Crippen LogP contribution in [0, 0.1) is 0 Å². The second-order valence-corrected chi connectivity index (χ2v) is 6.35. The molecule has 7 N–H and O–H groups in total. The minimum absolute atomic E-state index is 0. The first-order valence-corrected chi connectivity index (χ1v) is 8.14. The Hall–Kier alpha value is -0.224. The molecule has 0 bridgehead atoms. The third-order valence-electron chi connectivity index (χ3n) is 3.47. The zero-order valence-corrected chi connectivity index (χ0v) is 12.8. The Morgan fingerprint density at radius 2 is 2.08 bits per heavy atom. The number of H-pyrrole nitrogens is 1. The van der Waals surface area contributed by atoms with Gasteiger partial charge in [-0.25, -0.2) is 9.55 Å². The molecule has 0 amide bonds. The van der Waals surface area contributed by atoms with Crippen LogP contribution in [0.1, 0.15) is 6.23 Å². The Labute approximate surface area is 181 Å². The fourth-order valence-corrected chi connectivity index (χ4v) is 2.74. The van der Waals surface area contributed by atoms with Crippen LogP contribution < -0.4 is 11.3 Å². The molecule has 3 heterocycles. The molecule has 1 saturated heterocycles. The average molecular weight is 403 g/mol. The number of hydrogen-bond donors (Lipinski definition) is 6. The number of rotatable bonds is 4. The van der Waals surface area contributed by atoms with Crippen molar-refractivity contribution in [3.8, 4) is 0 Å². The van der Waals surface area contributed by atoms with E-state index >= 15 is 0 Å². The number of hydrogen-bond acceptors (Lipinski definition) is 9. The van der Waals surface area contributed by atoms with Gasteiger partial charge in [-0.1, -0.05) is 0 Å². The Morgan fingerprint density at radius 3 is 2.72 bits per heavy atom. The van der Waals surface area contributed by atoms with Crippen LogP contribution in [0.3, 0.4) is 0 Å². The molecule has 0 saturated carbocycles. The summed E-state index contributed by atoms with van der Waals surface area (Å²) in [6, 6.07) is 0. The van der Waals surface area contributed by atoms with E-state index in [2.05, 4.69) is 19.5 Å². The van der Waals surface area contributed by atoms with Gasteiger partial charge in [-0.3, -0.25) is 18.9 Å². The summed E-state index contributed by atoms with van der Waals surface area (Å²) in [4.78, 5) is 39.1. The molecule has 2 aromatic heterocycles. The predicted molar refractivity (Wildman–Crippen MR) is 83.6 cm³/mol. The number of nitrogens with one attached hydrogen (secondary N) is 1. The molecule has 15 heteroatoms. The number of nitrogen functional groups attached to an aromatic ring is 1. The second kappa shape index (κ2) is 7.80. The van der Waals surface area contributed by atoms with Gasteiger partial charge < -0.3 is 30.5 Å². The van der Waals surface area contributed by atoms with E-state index in [9.17, 15) is 19.6 Å². The molecule has 13 nitrogen and oxygen atoms in total. The Bertz CT molecular complexity index is 867. The number of nitrogens with zero attached hydrogens (tertiary/aromatic N) is 3. The van der Waals surface area contributed by atoms with Crippen LogP contribution in [0.4, 0.5) is 5.95 Å². The predicted octanol–water partition coefficient (Wildman–Crippen LogP) is -3.22. The molecule has 134 valence electrons. The number of fused-ring (bicyclic) bond motifs is 1. The van der Waals surface area contributed by atoms with Crippen molar-refractivity contribution in [1.29, 1.82) is 0 Å². The van der Waals surface area contributed by atoms with Gasteiger partial charge in [-0.2, -0.15) is 4.98 Å². The molecule has 0 spiro atoms. The standard InChI is InChI=1S/C10H14N5O8P.K.H/c11-10-13-7-4(8(18)14-10)12-2-15(7)9-6(17)5(16)3(23-9)1-22-24(19,20)21;;/h2-3,5-6,9,16-17H,1H2,(H2,19,20,21)(H3,11,13,14,18);;/t3-,5-,6-,9-;;/m1../s1. The first-order valence-electron chi connectivity index (χ1n) is 6.61. The van der Waals surface area contributed by atoms with Crippen molar-refractivity contribution in [2.75, 3.05) is 12.3 Å². The zero-order chi connectivity index (χ0) is 17.6. The third-order valence-corrected chi connectivity index (χ3v) is 3.95. The molecule has 25 heavy (non-hydrogen) atoms. The van der Waals surface area contributed by atoms with Gasteiger partial charge in [0.2, 0.25) is 5.95 Å². The van der Waals surface area contributed by atoms with Gasteiger partial charge in [-0.15, -0.1) is 0 Å². The molecule has 0 aromatic carbocycles. The number of aromatic nitrogens is 4. The van der Waals surface area contributed by atoms with E-state index in [1.54, 1.807) is 0 Å². The van der Waals surface area contributed by atoms with Crippen molar-refractivity contribution >= 4 is 76.3 Å². The van der Waals surface area contributed by atoms with Gasteiger partial charge in [-0.05, 0) is 0 Å². The monoisotopic (exact) mass is 403 g/mol. The number of phosphoric acid groups is 1. The Morgan fingerprint density at radius 1 is 1.40 bits per heavy atom. The zero-order valence-electron chi connectivity index (χ0n) is 11.9. The molecule has 1 aliphatic heterocycles. The minimum atomic E-state index is -4.76. The van der Waals surface area contributed by atoms with Crippen LogP contribution in [-0.2, 0) is 13.8 Å². The number of imidazole rings is 1. The van der Waals surface area contributed by atoms with Crippen LogP contribution in [0.5, 0.6) is 0 Å². The molecule has 1 aliphatic rings. The van der Waals surface area contributed by atoms with Crippen LogP contribution in [0.2, 0.25) is 0 Å². The van der Waals surface area contributed by atoms with Gasteiger partial charge in [0.15, 0.2) is 17.4 Å². The maximum absolute atomic E-state index is 11.7. The van der Waals surface area contributed by atoms with Gasteiger partial charge in [0.1, 0.15) is 18.3 Å². The van der Waals surface area contributed by atoms with Crippen molar-refractivity contribution in [2.24, 2.45) is 0 Å². The number of ether oxygens (including phenoxy) is 1. The molecule has 3 rings (SSSR count). The first-order chi connectivity index (χ1) is 11.2. The molecular formula is C10H15KN5O8P. The Kier molecular flexibility index (Phi) is 6.57. The average Bonchev–Trinajstić information content (AvgIpc) is 3.00. The van der Waals surface area contributed by atoms with Gasteiger partial charge in [0.25, 0.3) is 5.56 Å². The summed E-state index contributed by atoms with van der Waals surface area (Å²) >= 11 is 0. The fraction of sp³-hybridized carbons (Fsp3) is 0.500. The number of aliphatic hydroxyl groups is 2. The summed E-state index contributed by atoms with van der Waals surface area (Å²) in [6.45, 7) is -0.651. The molecule has 0 aliphatic carbocycles. The quantitative estimate of drug-likeness (QED) is 0.221. The summed E-state index contributed by atoms with van der Waals surface area (Å²) in [6.07, 6.45) is -4.22. The normalized spacial score (nSPS) is 26.7. The number of aliphatic hydroxyl groups excluding tert-OH is 2. The second-order valence-electron chi connectivity index (χ2n) is 5.11. The fourth-order valence-electron chi connectivity index (χ4n) is 2.40. The van der Waals surface area contributed by atoms with Gasteiger partial charge >= 0.3 is 59.2 Å². The van der Waals surface area contributed by atoms with Crippen molar-refractivity contribution in [2.45, 2.75) is 24.5 Å². The number of nitrogens with two attached hydrogens (primary N) is 1. The third kappa shape index (κ3) is 4.37. The maximum atomic E-state index is 11.7. The summed E-state index contributed by atoms with van der Waals surface area (Å²) < 4.78 is 21.6. The summed E-state index contributed by atoms with van der Waals surface area (Å²) in [5.41, 5.74) is 4.84. The summed E-state index contributed by atoms with van der Waals surface area (Å²) in [5, 5.41) is 20.1. The SMILES string of the molecule is Nc1nc2c(ncn2[C@@H]2O[C@H](COP(=O)(O)O)[C@@H](O)[C@H]2O)c(=O)[nH]1.[KH]. The van der Waals surface area contributed by atoms with Crippen LogP contribution in [0.15, 0.2) is 11.1 Å². The van der Waals surface area contributed by atoms with E-state index < -0.39 is 44.5 Å². The van der Waals surface area contributed by atoms with Crippen molar-refractivity contribution in [3.05, 3.63) is 16.7 Å². The molecular weight excluding hydrogens is 388 g/mol. The van der Waals surface area contributed by atoms with E-state index in [4.69, 9.17) is 20.3 Å². The number of phosphoric ester groups is 1. The Balaban J connectivity index is 0.00000225.